The van der Waals surface area contributed by atoms with Gasteiger partial charge in [-0.25, -0.2) is 0 Å². The highest BCUT2D eigenvalue weighted by molar-refractivity contribution is 5.21. The third-order valence-electron chi connectivity index (χ3n) is 4.49. The monoisotopic (exact) mass is 246 g/mol. The molecule has 0 amide bonds. The Kier molecular flexibility index (Phi) is 4.41. The second-order valence-electron chi connectivity index (χ2n) is 5.82. The molecule has 1 N–H and O–H groups in total. The maximum atomic E-state index is 3.59. The number of hydrogen-bond acceptors (Lipinski definition) is 2. The Bertz CT molecular complexity index is 361. The second kappa shape index (κ2) is 5.85. The van der Waals surface area contributed by atoms with Gasteiger partial charge in [-0.15, -0.1) is 0 Å². The fourth-order valence-corrected chi connectivity index (χ4v) is 2.81. The number of likely N-dealkylation sites (tertiary alicyclic amines) is 1. The number of hydrogen-bond donors (Lipinski definition) is 1. The smallest absolute Gasteiger partial charge is 0.0206 e. The van der Waals surface area contributed by atoms with Crippen LogP contribution in [0, 0.1) is 6.92 Å². The van der Waals surface area contributed by atoms with Gasteiger partial charge in [-0.3, -0.25) is 0 Å². The summed E-state index contributed by atoms with van der Waals surface area (Å²) in [5.74, 6) is 0. The molecular formula is C16H26N2. The highest BCUT2D eigenvalue weighted by Gasteiger charge is 2.31. The van der Waals surface area contributed by atoms with E-state index in [0.29, 0.717) is 5.54 Å². The largest absolute Gasteiger partial charge is 0.314 e. The Labute approximate surface area is 111 Å². The maximum absolute atomic E-state index is 3.59. The first-order valence-corrected chi connectivity index (χ1v) is 7.07. The summed E-state index contributed by atoms with van der Waals surface area (Å²) in [6.07, 6.45) is 4.98. The molecule has 0 aliphatic carbocycles. The van der Waals surface area contributed by atoms with Crippen molar-refractivity contribution in [3.8, 4) is 0 Å². The van der Waals surface area contributed by atoms with Crippen LogP contribution < -0.4 is 5.32 Å². The number of aryl methyl sites for hydroxylation is 2. The summed E-state index contributed by atoms with van der Waals surface area (Å²) in [6.45, 7) is 4.58. The summed E-state index contributed by atoms with van der Waals surface area (Å²) < 4.78 is 0. The number of piperidine rings is 1. The number of nitrogens with one attached hydrogen (secondary N) is 1. The molecule has 1 aliphatic rings. The first-order valence-electron chi connectivity index (χ1n) is 7.07. The van der Waals surface area contributed by atoms with Gasteiger partial charge in [0.2, 0.25) is 0 Å². The number of rotatable bonds is 4. The molecular weight excluding hydrogens is 220 g/mol. The summed E-state index contributed by atoms with van der Waals surface area (Å²) in [4.78, 5) is 2.43. The van der Waals surface area contributed by atoms with Crippen molar-refractivity contribution in [3.05, 3.63) is 35.4 Å². The molecule has 1 aromatic rings. The quantitative estimate of drug-likeness (QED) is 0.878. The van der Waals surface area contributed by atoms with Crippen LogP contribution in [0.15, 0.2) is 24.3 Å². The summed E-state index contributed by atoms with van der Waals surface area (Å²) in [6, 6.07) is 8.98. The predicted molar refractivity (Wildman–Crippen MR) is 78.0 cm³/mol. The Balaban J connectivity index is 1.92. The van der Waals surface area contributed by atoms with Crippen LogP contribution in [0.3, 0.4) is 0 Å². The van der Waals surface area contributed by atoms with E-state index in [1.807, 2.05) is 0 Å². The van der Waals surface area contributed by atoms with Gasteiger partial charge in [-0.1, -0.05) is 29.8 Å². The summed E-state index contributed by atoms with van der Waals surface area (Å²) in [7, 11) is 4.35. The molecule has 2 rings (SSSR count). The van der Waals surface area contributed by atoms with Crippen LogP contribution in [0.4, 0.5) is 0 Å². The normalized spacial score (nSPS) is 19.9. The first-order chi connectivity index (χ1) is 8.63. The molecule has 2 nitrogen and oxygen atoms in total. The zero-order valence-corrected chi connectivity index (χ0v) is 12.0. The zero-order chi connectivity index (χ0) is 13.0. The average molecular weight is 246 g/mol. The lowest BCUT2D eigenvalue weighted by atomic mass is 9.82. The van der Waals surface area contributed by atoms with E-state index in [-0.39, 0.29) is 0 Å². The SMILES string of the molecule is CNC1(CCc2ccc(C)cc2)CCN(C)CC1. The fourth-order valence-electron chi connectivity index (χ4n) is 2.81. The van der Waals surface area contributed by atoms with Gasteiger partial charge in [-0.05, 0) is 65.4 Å². The Morgan fingerprint density at radius 1 is 1.17 bits per heavy atom. The van der Waals surface area contributed by atoms with E-state index in [4.69, 9.17) is 0 Å². The van der Waals surface area contributed by atoms with Crippen molar-refractivity contribution in [2.75, 3.05) is 27.2 Å². The van der Waals surface area contributed by atoms with Crippen molar-refractivity contribution in [1.82, 2.24) is 10.2 Å². The van der Waals surface area contributed by atoms with E-state index in [1.165, 1.54) is 49.9 Å². The van der Waals surface area contributed by atoms with Gasteiger partial charge in [0.25, 0.3) is 0 Å². The molecule has 1 fully saturated rings. The van der Waals surface area contributed by atoms with Crippen molar-refractivity contribution >= 4 is 0 Å². The highest BCUT2D eigenvalue weighted by Crippen LogP contribution is 2.26. The molecule has 0 saturated carbocycles. The molecule has 1 aromatic carbocycles. The van der Waals surface area contributed by atoms with Crippen molar-refractivity contribution in [2.24, 2.45) is 0 Å². The minimum atomic E-state index is 0.359. The highest BCUT2D eigenvalue weighted by atomic mass is 15.1. The molecule has 0 aromatic heterocycles. The minimum Gasteiger partial charge on any atom is -0.314 e. The van der Waals surface area contributed by atoms with Crippen molar-refractivity contribution in [3.63, 3.8) is 0 Å². The number of benzene rings is 1. The third kappa shape index (κ3) is 3.33. The van der Waals surface area contributed by atoms with Crippen LogP contribution in [-0.2, 0) is 6.42 Å². The molecule has 2 heteroatoms. The van der Waals surface area contributed by atoms with Crippen LogP contribution in [0.1, 0.15) is 30.4 Å². The van der Waals surface area contributed by atoms with E-state index in [0.717, 1.165) is 0 Å². The van der Waals surface area contributed by atoms with Crippen molar-refractivity contribution in [1.29, 1.82) is 0 Å². The van der Waals surface area contributed by atoms with Gasteiger partial charge in [0.05, 0.1) is 0 Å². The van der Waals surface area contributed by atoms with Crippen LogP contribution in [-0.4, -0.2) is 37.6 Å². The summed E-state index contributed by atoms with van der Waals surface area (Å²) >= 11 is 0. The third-order valence-corrected chi connectivity index (χ3v) is 4.49. The average Bonchev–Trinajstić information content (AvgIpc) is 2.41. The minimum absolute atomic E-state index is 0.359. The Morgan fingerprint density at radius 2 is 1.78 bits per heavy atom. The zero-order valence-electron chi connectivity index (χ0n) is 12.0. The topological polar surface area (TPSA) is 15.3 Å². The van der Waals surface area contributed by atoms with Gasteiger partial charge in [-0.2, -0.15) is 0 Å². The Hall–Kier alpha value is -0.860. The van der Waals surface area contributed by atoms with E-state index < -0.39 is 0 Å². The van der Waals surface area contributed by atoms with Gasteiger partial charge in [0.1, 0.15) is 0 Å². The van der Waals surface area contributed by atoms with Crippen LogP contribution >= 0.6 is 0 Å². The maximum Gasteiger partial charge on any atom is 0.0206 e. The molecule has 0 spiro atoms. The Morgan fingerprint density at radius 3 is 2.33 bits per heavy atom. The molecule has 1 saturated heterocycles. The summed E-state index contributed by atoms with van der Waals surface area (Å²) in [5.41, 5.74) is 3.17. The first kappa shape index (κ1) is 13.6. The van der Waals surface area contributed by atoms with Crippen LogP contribution in [0.25, 0.3) is 0 Å². The van der Waals surface area contributed by atoms with Crippen LogP contribution in [0.5, 0.6) is 0 Å². The van der Waals surface area contributed by atoms with E-state index in [9.17, 15) is 0 Å². The van der Waals surface area contributed by atoms with E-state index >= 15 is 0 Å². The fraction of sp³-hybridized carbons (Fsp3) is 0.625. The summed E-state index contributed by atoms with van der Waals surface area (Å²) in [5, 5.41) is 3.59. The molecule has 1 aliphatic heterocycles. The molecule has 0 radical (unpaired) electrons. The van der Waals surface area contributed by atoms with Crippen LogP contribution in [0.2, 0.25) is 0 Å². The second-order valence-corrected chi connectivity index (χ2v) is 5.82. The molecule has 0 bridgehead atoms. The molecule has 18 heavy (non-hydrogen) atoms. The van der Waals surface area contributed by atoms with Gasteiger partial charge in [0.15, 0.2) is 0 Å². The van der Waals surface area contributed by atoms with E-state index in [1.54, 1.807) is 0 Å². The standard InChI is InChI=1S/C16H26N2/c1-14-4-6-15(7-5-14)8-9-16(17-2)10-12-18(3)13-11-16/h4-7,17H,8-13H2,1-3H3. The predicted octanol–water partition coefficient (Wildman–Crippen LogP) is 2.61. The van der Waals surface area contributed by atoms with Crippen molar-refractivity contribution in [2.45, 2.75) is 38.1 Å². The van der Waals surface area contributed by atoms with E-state index in [2.05, 4.69) is 55.5 Å². The van der Waals surface area contributed by atoms with Gasteiger partial charge < -0.3 is 10.2 Å². The van der Waals surface area contributed by atoms with Gasteiger partial charge in [0, 0.05) is 5.54 Å². The molecule has 100 valence electrons. The van der Waals surface area contributed by atoms with Crippen molar-refractivity contribution < 1.29 is 0 Å². The molecule has 0 atom stereocenters. The number of nitrogens with zero attached hydrogens (tertiary/aromatic N) is 1. The van der Waals surface area contributed by atoms with Gasteiger partial charge >= 0.3 is 0 Å². The lowest BCUT2D eigenvalue weighted by molar-refractivity contribution is 0.156. The molecule has 0 unspecified atom stereocenters. The lowest BCUT2D eigenvalue weighted by Gasteiger charge is -2.41. The lowest BCUT2D eigenvalue weighted by Crippen LogP contribution is -2.51. The molecule has 1 heterocycles.